The third kappa shape index (κ3) is 2.82. The minimum atomic E-state index is 0.0943. The molecule has 0 radical (unpaired) electrons. The molecule has 0 bridgehead atoms. The molecule has 0 spiro atoms. The quantitative estimate of drug-likeness (QED) is 0.531. The Morgan fingerprint density at radius 1 is 0.800 bits per heavy atom. The zero-order valence-corrected chi connectivity index (χ0v) is 14.6. The predicted octanol–water partition coefficient (Wildman–Crippen LogP) is 4.94. The van der Waals surface area contributed by atoms with E-state index in [1.54, 1.807) is 0 Å². The smallest absolute Gasteiger partial charge is 0.160 e. The van der Waals surface area contributed by atoms with Crippen LogP contribution in [-0.2, 0) is 6.54 Å². The fraction of sp³-hybridized carbons (Fsp3) is 0.182. The van der Waals surface area contributed by atoms with Gasteiger partial charge in [0.2, 0.25) is 0 Å². The fourth-order valence-corrected chi connectivity index (χ4v) is 3.43. The Morgan fingerprint density at radius 3 is 1.96 bits per heavy atom. The van der Waals surface area contributed by atoms with Gasteiger partial charge in [0.1, 0.15) is 11.3 Å². The van der Waals surface area contributed by atoms with E-state index < -0.39 is 0 Å². The van der Waals surface area contributed by atoms with Crippen molar-refractivity contribution < 1.29 is 0 Å². The topological polar surface area (TPSA) is 30.7 Å². The van der Waals surface area contributed by atoms with Crippen LogP contribution in [0.15, 0.2) is 72.8 Å². The third-order valence-corrected chi connectivity index (χ3v) is 4.60. The number of fused-ring (bicyclic) bond motifs is 1. The van der Waals surface area contributed by atoms with Crippen molar-refractivity contribution in [3.63, 3.8) is 0 Å². The van der Waals surface area contributed by atoms with Gasteiger partial charge in [-0.3, -0.25) is 0 Å². The first-order chi connectivity index (χ1) is 12.3. The summed E-state index contributed by atoms with van der Waals surface area (Å²) in [6.07, 6.45) is 0. The molecule has 0 unspecified atom stereocenters. The van der Waals surface area contributed by atoms with Crippen LogP contribution in [0.5, 0.6) is 0 Å². The minimum absolute atomic E-state index is 0.0943. The Balaban J connectivity index is 1.98. The van der Waals surface area contributed by atoms with Crippen molar-refractivity contribution in [1.29, 1.82) is 0 Å². The highest BCUT2D eigenvalue weighted by atomic mass is 15.1. The summed E-state index contributed by atoms with van der Waals surface area (Å²) in [6.45, 7) is 5.03. The molecule has 0 aliphatic heterocycles. The Hall–Kier alpha value is -2.94. The zero-order valence-electron chi connectivity index (χ0n) is 14.6. The number of hydrogen-bond acceptors (Lipinski definition) is 2. The van der Waals surface area contributed by atoms with Crippen LogP contribution in [0, 0.1) is 6.92 Å². The van der Waals surface area contributed by atoms with E-state index in [-0.39, 0.29) is 5.92 Å². The van der Waals surface area contributed by atoms with Crippen molar-refractivity contribution in [3.8, 4) is 0 Å². The summed E-state index contributed by atoms with van der Waals surface area (Å²) in [5.74, 6) is 1.14. The van der Waals surface area contributed by atoms with E-state index in [0.717, 1.165) is 29.2 Å². The highest BCUT2D eigenvalue weighted by Gasteiger charge is 2.23. The minimum Gasteiger partial charge on any atom is -0.312 e. The first-order valence-corrected chi connectivity index (χ1v) is 8.71. The van der Waals surface area contributed by atoms with Crippen LogP contribution < -0.4 is 0 Å². The normalized spacial score (nSPS) is 11.3. The lowest BCUT2D eigenvalue weighted by molar-refractivity contribution is 0.695. The lowest BCUT2D eigenvalue weighted by atomic mass is 9.90. The van der Waals surface area contributed by atoms with E-state index >= 15 is 0 Å². The van der Waals surface area contributed by atoms with Crippen LogP contribution in [0.3, 0.4) is 0 Å². The molecule has 3 heteroatoms. The average molecular weight is 327 g/mol. The highest BCUT2D eigenvalue weighted by molar-refractivity contribution is 5.72. The SMILES string of the molecule is CCn1c(C(c2ccccc2)c2ccccc2)nc2ccc(C)nc21. The summed E-state index contributed by atoms with van der Waals surface area (Å²) in [5.41, 5.74) is 5.43. The summed E-state index contributed by atoms with van der Waals surface area (Å²) in [6, 6.07) is 25.3. The van der Waals surface area contributed by atoms with E-state index in [4.69, 9.17) is 9.97 Å². The van der Waals surface area contributed by atoms with Crippen LogP contribution in [0.2, 0.25) is 0 Å². The van der Waals surface area contributed by atoms with Crippen molar-refractivity contribution in [2.24, 2.45) is 0 Å². The van der Waals surface area contributed by atoms with E-state index in [1.807, 2.05) is 13.0 Å². The average Bonchev–Trinajstić information content (AvgIpc) is 3.01. The summed E-state index contributed by atoms with van der Waals surface area (Å²) in [7, 11) is 0. The predicted molar refractivity (Wildman–Crippen MR) is 102 cm³/mol. The zero-order chi connectivity index (χ0) is 17.2. The van der Waals surface area contributed by atoms with Crippen molar-refractivity contribution in [2.45, 2.75) is 26.3 Å². The number of rotatable bonds is 4. The molecule has 0 fully saturated rings. The number of benzene rings is 2. The van der Waals surface area contributed by atoms with Gasteiger partial charge in [0.15, 0.2) is 5.65 Å². The molecule has 2 aromatic heterocycles. The Bertz CT molecular complexity index is 948. The van der Waals surface area contributed by atoms with Crippen molar-refractivity contribution in [2.75, 3.05) is 0 Å². The highest BCUT2D eigenvalue weighted by Crippen LogP contribution is 2.33. The van der Waals surface area contributed by atoms with Gasteiger partial charge in [0, 0.05) is 12.2 Å². The molecule has 2 heterocycles. The molecule has 3 nitrogen and oxygen atoms in total. The van der Waals surface area contributed by atoms with Crippen molar-refractivity contribution >= 4 is 11.2 Å². The molecule has 2 aromatic carbocycles. The molecule has 0 aliphatic carbocycles. The second-order valence-electron chi connectivity index (χ2n) is 6.26. The van der Waals surface area contributed by atoms with Crippen molar-refractivity contribution in [3.05, 3.63) is 95.4 Å². The molecule has 25 heavy (non-hydrogen) atoms. The van der Waals surface area contributed by atoms with E-state index in [2.05, 4.69) is 78.2 Å². The molecular formula is C22H21N3. The van der Waals surface area contributed by atoms with Crippen molar-refractivity contribution in [1.82, 2.24) is 14.5 Å². The van der Waals surface area contributed by atoms with Gasteiger partial charge in [-0.1, -0.05) is 60.7 Å². The molecule has 0 aliphatic rings. The molecule has 0 amide bonds. The lowest BCUT2D eigenvalue weighted by Crippen LogP contribution is -2.11. The van der Waals surface area contributed by atoms with Gasteiger partial charge in [-0.15, -0.1) is 0 Å². The molecule has 0 atom stereocenters. The van der Waals surface area contributed by atoms with Gasteiger partial charge in [0.05, 0.1) is 5.92 Å². The molecular weight excluding hydrogens is 306 g/mol. The summed E-state index contributed by atoms with van der Waals surface area (Å²) < 4.78 is 2.24. The number of aryl methyl sites for hydroxylation is 2. The molecule has 0 saturated carbocycles. The van der Waals surface area contributed by atoms with Gasteiger partial charge in [0.25, 0.3) is 0 Å². The Kier molecular flexibility index (Phi) is 4.06. The number of nitrogens with zero attached hydrogens (tertiary/aromatic N) is 3. The van der Waals surface area contributed by atoms with E-state index in [9.17, 15) is 0 Å². The Labute approximate surface area is 148 Å². The Morgan fingerprint density at radius 2 is 1.40 bits per heavy atom. The number of aromatic nitrogens is 3. The standard InChI is InChI=1S/C22H21N3/c1-3-25-21-19(15-14-16(2)23-21)24-22(25)20(17-10-6-4-7-11-17)18-12-8-5-9-13-18/h4-15,20H,3H2,1-2H3. The van der Waals surface area contributed by atoms with Gasteiger partial charge in [-0.25, -0.2) is 9.97 Å². The summed E-state index contributed by atoms with van der Waals surface area (Å²) in [5, 5.41) is 0. The van der Waals surface area contributed by atoms with Gasteiger partial charge >= 0.3 is 0 Å². The van der Waals surface area contributed by atoms with Crippen LogP contribution in [0.1, 0.15) is 35.5 Å². The second-order valence-corrected chi connectivity index (χ2v) is 6.26. The third-order valence-electron chi connectivity index (χ3n) is 4.60. The number of hydrogen-bond donors (Lipinski definition) is 0. The molecule has 4 aromatic rings. The molecule has 0 N–H and O–H groups in total. The maximum absolute atomic E-state index is 4.98. The maximum atomic E-state index is 4.98. The number of imidazole rings is 1. The first-order valence-electron chi connectivity index (χ1n) is 8.71. The van der Waals surface area contributed by atoms with Gasteiger partial charge in [-0.05, 0) is 37.1 Å². The fourth-order valence-electron chi connectivity index (χ4n) is 3.43. The second kappa shape index (κ2) is 6.52. The molecule has 0 saturated heterocycles. The number of pyridine rings is 1. The van der Waals surface area contributed by atoms with E-state index in [0.29, 0.717) is 0 Å². The van der Waals surface area contributed by atoms with Gasteiger partial charge < -0.3 is 4.57 Å². The van der Waals surface area contributed by atoms with Gasteiger partial charge in [-0.2, -0.15) is 0 Å². The summed E-state index contributed by atoms with van der Waals surface area (Å²) in [4.78, 5) is 9.72. The maximum Gasteiger partial charge on any atom is 0.160 e. The van der Waals surface area contributed by atoms with Crippen LogP contribution in [-0.4, -0.2) is 14.5 Å². The monoisotopic (exact) mass is 327 g/mol. The largest absolute Gasteiger partial charge is 0.312 e. The van der Waals surface area contributed by atoms with Crippen LogP contribution >= 0.6 is 0 Å². The van der Waals surface area contributed by atoms with Crippen LogP contribution in [0.25, 0.3) is 11.2 Å². The lowest BCUT2D eigenvalue weighted by Gasteiger charge is -2.19. The first kappa shape index (κ1) is 15.6. The van der Waals surface area contributed by atoms with E-state index in [1.165, 1.54) is 11.1 Å². The molecule has 4 rings (SSSR count). The van der Waals surface area contributed by atoms with Crippen LogP contribution in [0.4, 0.5) is 0 Å². The summed E-state index contributed by atoms with van der Waals surface area (Å²) >= 11 is 0. The molecule has 124 valence electrons.